The first-order valence-corrected chi connectivity index (χ1v) is 5.85. The fraction of sp³-hybridized carbons (Fsp3) is 0.357. The van der Waals surface area contributed by atoms with Gasteiger partial charge in [-0.05, 0) is 25.5 Å². The number of ketones is 1. The fourth-order valence-electron chi connectivity index (χ4n) is 2.11. The topological polar surface area (TPSA) is 31.2 Å². The first-order chi connectivity index (χ1) is 8.17. The van der Waals surface area contributed by atoms with Gasteiger partial charge < -0.3 is 9.30 Å². The van der Waals surface area contributed by atoms with Crippen molar-refractivity contribution in [3.05, 3.63) is 30.0 Å². The van der Waals surface area contributed by atoms with Crippen molar-refractivity contribution < 1.29 is 9.53 Å². The average molecular weight is 231 g/mol. The SMILES string of the molecule is CCCn1cc(C(C)=O)c2ccc(OC)cc21. The molecule has 3 heteroatoms. The first kappa shape index (κ1) is 11.7. The largest absolute Gasteiger partial charge is 0.497 e. The molecule has 0 fully saturated rings. The molecule has 0 saturated carbocycles. The number of fused-ring (bicyclic) bond motifs is 1. The van der Waals surface area contributed by atoms with Gasteiger partial charge in [-0.1, -0.05) is 6.92 Å². The molecule has 0 saturated heterocycles. The molecular weight excluding hydrogens is 214 g/mol. The van der Waals surface area contributed by atoms with E-state index in [1.165, 1.54) is 0 Å². The van der Waals surface area contributed by atoms with Crippen LogP contribution >= 0.6 is 0 Å². The van der Waals surface area contributed by atoms with E-state index in [2.05, 4.69) is 11.5 Å². The summed E-state index contributed by atoms with van der Waals surface area (Å²) in [7, 11) is 1.65. The lowest BCUT2D eigenvalue weighted by atomic mass is 10.1. The van der Waals surface area contributed by atoms with Gasteiger partial charge in [-0.2, -0.15) is 0 Å². The van der Waals surface area contributed by atoms with Crippen LogP contribution in [0.15, 0.2) is 24.4 Å². The number of carbonyl (C=O) groups excluding carboxylic acids is 1. The highest BCUT2D eigenvalue weighted by Crippen LogP contribution is 2.26. The highest BCUT2D eigenvalue weighted by molar-refractivity contribution is 6.07. The van der Waals surface area contributed by atoms with E-state index in [0.29, 0.717) is 0 Å². The molecule has 0 spiro atoms. The number of hydrogen-bond donors (Lipinski definition) is 0. The summed E-state index contributed by atoms with van der Waals surface area (Å²) in [4.78, 5) is 11.6. The van der Waals surface area contributed by atoms with Crippen LogP contribution in [-0.2, 0) is 6.54 Å². The molecule has 0 aliphatic carbocycles. The molecule has 1 heterocycles. The molecule has 3 nitrogen and oxygen atoms in total. The quantitative estimate of drug-likeness (QED) is 0.756. The number of methoxy groups -OCH3 is 1. The summed E-state index contributed by atoms with van der Waals surface area (Å²) in [6.07, 6.45) is 2.98. The number of benzene rings is 1. The van der Waals surface area contributed by atoms with Gasteiger partial charge in [-0.3, -0.25) is 4.79 Å². The number of aryl methyl sites for hydroxylation is 1. The zero-order valence-corrected chi connectivity index (χ0v) is 10.5. The molecule has 0 atom stereocenters. The van der Waals surface area contributed by atoms with Crippen molar-refractivity contribution in [2.75, 3.05) is 7.11 Å². The van der Waals surface area contributed by atoms with Crippen LogP contribution in [0.25, 0.3) is 10.9 Å². The summed E-state index contributed by atoms with van der Waals surface area (Å²) in [5, 5.41) is 1.01. The smallest absolute Gasteiger partial charge is 0.161 e. The Balaban J connectivity index is 2.67. The maximum Gasteiger partial charge on any atom is 0.161 e. The minimum atomic E-state index is 0.106. The van der Waals surface area contributed by atoms with Gasteiger partial charge in [0.15, 0.2) is 5.78 Å². The Bertz CT molecular complexity index is 555. The molecule has 0 amide bonds. The number of ether oxygens (including phenoxy) is 1. The van der Waals surface area contributed by atoms with Gasteiger partial charge in [0.05, 0.1) is 12.6 Å². The lowest BCUT2D eigenvalue weighted by Crippen LogP contribution is -1.94. The van der Waals surface area contributed by atoms with Crippen molar-refractivity contribution in [3.8, 4) is 5.75 Å². The van der Waals surface area contributed by atoms with Gasteiger partial charge in [0.1, 0.15) is 5.75 Å². The van der Waals surface area contributed by atoms with Gasteiger partial charge in [-0.15, -0.1) is 0 Å². The van der Waals surface area contributed by atoms with E-state index in [-0.39, 0.29) is 5.78 Å². The van der Waals surface area contributed by atoms with Crippen molar-refractivity contribution in [2.24, 2.45) is 0 Å². The van der Waals surface area contributed by atoms with Crippen LogP contribution in [0.1, 0.15) is 30.6 Å². The van der Waals surface area contributed by atoms with Crippen molar-refractivity contribution in [3.63, 3.8) is 0 Å². The van der Waals surface area contributed by atoms with E-state index in [1.54, 1.807) is 14.0 Å². The second-order valence-electron chi connectivity index (χ2n) is 4.18. The summed E-state index contributed by atoms with van der Waals surface area (Å²) >= 11 is 0. The number of Topliss-reactive ketones (excluding diaryl/α,β-unsaturated/α-hetero) is 1. The Hall–Kier alpha value is -1.77. The second-order valence-corrected chi connectivity index (χ2v) is 4.18. The molecule has 0 unspecified atom stereocenters. The molecule has 1 aromatic heterocycles. The van der Waals surface area contributed by atoms with Crippen LogP contribution in [0.5, 0.6) is 5.75 Å². The minimum Gasteiger partial charge on any atom is -0.497 e. The number of hydrogen-bond acceptors (Lipinski definition) is 2. The predicted octanol–water partition coefficient (Wildman–Crippen LogP) is 3.26. The van der Waals surface area contributed by atoms with Gasteiger partial charge in [0.2, 0.25) is 0 Å². The zero-order chi connectivity index (χ0) is 12.4. The van der Waals surface area contributed by atoms with E-state index < -0.39 is 0 Å². The highest BCUT2D eigenvalue weighted by atomic mass is 16.5. The number of aromatic nitrogens is 1. The number of nitrogens with zero attached hydrogens (tertiary/aromatic N) is 1. The fourth-order valence-corrected chi connectivity index (χ4v) is 2.11. The molecule has 0 N–H and O–H groups in total. The van der Waals surface area contributed by atoms with Crippen molar-refractivity contribution in [1.29, 1.82) is 0 Å². The lowest BCUT2D eigenvalue weighted by Gasteiger charge is -2.04. The zero-order valence-electron chi connectivity index (χ0n) is 10.5. The van der Waals surface area contributed by atoms with Crippen LogP contribution in [0.3, 0.4) is 0 Å². The van der Waals surface area contributed by atoms with Crippen molar-refractivity contribution in [2.45, 2.75) is 26.8 Å². The summed E-state index contributed by atoms with van der Waals surface area (Å²) in [6, 6.07) is 5.83. The molecule has 17 heavy (non-hydrogen) atoms. The highest BCUT2D eigenvalue weighted by Gasteiger charge is 2.12. The summed E-state index contributed by atoms with van der Waals surface area (Å²) in [5.74, 6) is 0.929. The maximum absolute atomic E-state index is 11.6. The minimum absolute atomic E-state index is 0.106. The van der Waals surface area contributed by atoms with E-state index >= 15 is 0 Å². The Labute approximate surface area is 101 Å². The third-order valence-electron chi connectivity index (χ3n) is 2.93. The van der Waals surface area contributed by atoms with E-state index in [9.17, 15) is 4.79 Å². The summed E-state index contributed by atoms with van der Waals surface area (Å²) in [5.41, 5.74) is 1.85. The lowest BCUT2D eigenvalue weighted by molar-refractivity contribution is 0.101. The number of carbonyl (C=O) groups is 1. The number of rotatable bonds is 4. The molecular formula is C14H17NO2. The van der Waals surface area contributed by atoms with E-state index in [0.717, 1.165) is 35.2 Å². The van der Waals surface area contributed by atoms with Gasteiger partial charge >= 0.3 is 0 Å². The summed E-state index contributed by atoms with van der Waals surface area (Å²) < 4.78 is 7.35. The first-order valence-electron chi connectivity index (χ1n) is 5.85. The molecule has 90 valence electrons. The molecule has 1 aromatic carbocycles. The molecule has 0 aliphatic rings. The Morgan fingerprint density at radius 3 is 2.76 bits per heavy atom. The summed E-state index contributed by atoms with van der Waals surface area (Å²) in [6.45, 7) is 4.64. The second kappa shape index (κ2) is 4.62. The van der Waals surface area contributed by atoms with E-state index in [4.69, 9.17) is 4.74 Å². The predicted molar refractivity (Wildman–Crippen MR) is 68.8 cm³/mol. The van der Waals surface area contributed by atoms with Crippen LogP contribution in [0.4, 0.5) is 0 Å². The third kappa shape index (κ3) is 2.05. The maximum atomic E-state index is 11.6. The Morgan fingerprint density at radius 1 is 1.41 bits per heavy atom. The molecule has 0 radical (unpaired) electrons. The Morgan fingerprint density at radius 2 is 2.18 bits per heavy atom. The molecule has 2 aromatic rings. The van der Waals surface area contributed by atoms with Gasteiger partial charge in [0.25, 0.3) is 0 Å². The monoisotopic (exact) mass is 231 g/mol. The molecule has 0 bridgehead atoms. The average Bonchev–Trinajstić information content (AvgIpc) is 2.68. The van der Waals surface area contributed by atoms with Crippen molar-refractivity contribution >= 4 is 16.7 Å². The van der Waals surface area contributed by atoms with Crippen LogP contribution in [0, 0.1) is 0 Å². The molecule has 0 aliphatic heterocycles. The van der Waals surface area contributed by atoms with Gasteiger partial charge in [-0.25, -0.2) is 0 Å². The Kier molecular flexibility index (Phi) is 3.18. The third-order valence-corrected chi connectivity index (χ3v) is 2.93. The van der Waals surface area contributed by atoms with E-state index in [1.807, 2.05) is 24.4 Å². The standard InChI is InChI=1S/C14H17NO2/c1-4-7-15-9-13(10(2)16)12-6-5-11(17-3)8-14(12)15/h5-6,8-9H,4,7H2,1-3H3. The van der Waals surface area contributed by atoms with Crippen LogP contribution in [-0.4, -0.2) is 17.5 Å². The van der Waals surface area contributed by atoms with Gasteiger partial charge in [0, 0.05) is 29.8 Å². The van der Waals surface area contributed by atoms with Crippen LogP contribution < -0.4 is 4.74 Å². The van der Waals surface area contributed by atoms with Crippen LogP contribution in [0.2, 0.25) is 0 Å². The molecule has 2 rings (SSSR count). The van der Waals surface area contributed by atoms with Crippen molar-refractivity contribution in [1.82, 2.24) is 4.57 Å². The normalized spacial score (nSPS) is 10.8.